The average Bonchev–Trinajstić information content (AvgIpc) is 2.90. The van der Waals surface area contributed by atoms with E-state index in [1.165, 1.54) is 12.1 Å². The Morgan fingerprint density at radius 2 is 1.78 bits per heavy atom. The molecule has 0 aliphatic heterocycles. The highest BCUT2D eigenvalue weighted by molar-refractivity contribution is 7.89. The lowest BCUT2D eigenvalue weighted by atomic mass is 10.1. The van der Waals surface area contributed by atoms with Crippen LogP contribution in [-0.4, -0.2) is 33.0 Å². The number of ketones is 1. The summed E-state index contributed by atoms with van der Waals surface area (Å²) in [7, 11) is -3.13. The normalized spacial score (nSPS) is 11.2. The van der Waals surface area contributed by atoms with Crippen LogP contribution in [0, 0.1) is 0 Å². The van der Waals surface area contributed by atoms with Crippen molar-refractivity contribution in [1.29, 1.82) is 0 Å². The van der Waals surface area contributed by atoms with E-state index in [1.54, 1.807) is 24.3 Å². The molecule has 0 aliphatic carbocycles. The van der Waals surface area contributed by atoms with E-state index in [9.17, 15) is 18.0 Å². The number of hydrogen-bond donors (Lipinski definition) is 0. The lowest BCUT2D eigenvalue weighted by molar-refractivity contribution is 0.0476. The van der Waals surface area contributed by atoms with Crippen LogP contribution in [0.15, 0.2) is 36.4 Å². The first-order valence-electron chi connectivity index (χ1n) is 6.47. The summed E-state index contributed by atoms with van der Waals surface area (Å²) >= 11 is 6.86. The molecule has 0 saturated carbocycles. The smallest absolute Gasteiger partial charge is 0.338 e. The van der Waals surface area contributed by atoms with Crippen molar-refractivity contribution in [3.8, 4) is 0 Å². The fraction of sp³-hybridized carbons (Fsp3) is 0.200. The lowest BCUT2D eigenvalue weighted by Crippen LogP contribution is -2.13. The van der Waals surface area contributed by atoms with Gasteiger partial charge in [-0.3, -0.25) is 4.79 Å². The molecular formula is C15H13ClO5S2. The summed E-state index contributed by atoms with van der Waals surface area (Å²) in [5, 5.41) is 0. The zero-order valence-electron chi connectivity index (χ0n) is 12.1. The van der Waals surface area contributed by atoms with Gasteiger partial charge < -0.3 is 4.74 Å². The monoisotopic (exact) mass is 372 g/mol. The summed E-state index contributed by atoms with van der Waals surface area (Å²) in [5.74, 6) is -1.07. The third-order valence-electron chi connectivity index (χ3n) is 2.80. The molecule has 8 heteroatoms. The number of thiophene rings is 1. The van der Waals surface area contributed by atoms with Gasteiger partial charge in [0.2, 0.25) is 5.78 Å². The Balaban J connectivity index is 1.94. The van der Waals surface area contributed by atoms with Crippen molar-refractivity contribution in [2.24, 2.45) is 0 Å². The maximum Gasteiger partial charge on any atom is 0.338 e. The van der Waals surface area contributed by atoms with Gasteiger partial charge in [0.1, 0.15) is 0 Å². The van der Waals surface area contributed by atoms with Gasteiger partial charge in [-0.05, 0) is 29.8 Å². The van der Waals surface area contributed by atoms with Gasteiger partial charge >= 0.3 is 5.97 Å². The predicted octanol–water partition coefficient (Wildman–Crippen LogP) is 2.99. The van der Waals surface area contributed by atoms with Crippen LogP contribution in [0.2, 0.25) is 4.34 Å². The topological polar surface area (TPSA) is 77.5 Å². The highest BCUT2D eigenvalue weighted by Crippen LogP contribution is 2.21. The summed E-state index contributed by atoms with van der Waals surface area (Å²) in [4.78, 5) is 24.1. The fourth-order valence-electron chi connectivity index (χ4n) is 1.79. The molecule has 0 saturated heterocycles. The molecule has 0 fully saturated rings. The van der Waals surface area contributed by atoms with E-state index in [0.29, 0.717) is 14.8 Å². The van der Waals surface area contributed by atoms with Gasteiger partial charge in [-0.2, -0.15) is 0 Å². The first-order chi connectivity index (χ1) is 10.7. The molecule has 1 aromatic carbocycles. The van der Waals surface area contributed by atoms with Crippen molar-refractivity contribution in [2.75, 3.05) is 12.9 Å². The van der Waals surface area contributed by atoms with Crippen LogP contribution in [0.4, 0.5) is 0 Å². The van der Waals surface area contributed by atoms with Crippen LogP contribution in [0.1, 0.15) is 25.6 Å². The minimum Gasteiger partial charge on any atom is -0.454 e. The quantitative estimate of drug-likeness (QED) is 0.575. The standard InChI is InChI=1S/C15H13ClO5S2/c1-23(19,20)9-10-2-4-11(5-3-10)15(18)21-8-12(17)13-6-7-14(16)22-13/h2-7H,8-9H2,1H3. The zero-order chi connectivity index (χ0) is 17.0. The Labute approximate surface area is 142 Å². The molecule has 1 aromatic heterocycles. The summed E-state index contributed by atoms with van der Waals surface area (Å²) in [6.45, 7) is -0.374. The lowest BCUT2D eigenvalue weighted by Gasteiger charge is -2.04. The Kier molecular flexibility index (Phi) is 5.56. The van der Waals surface area contributed by atoms with Crippen molar-refractivity contribution in [3.05, 3.63) is 56.7 Å². The van der Waals surface area contributed by atoms with Crippen molar-refractivity contribution in [2.45, 2.75) is 5.75 Å². The molecule has 2 rings (SSSR count). The van der Waals surface area contributed by atoms with E-state index in [-0.39, 0.29) is 23.7 Å². The maximum absolute atomic E-state index is 11.9. The van der Waals surface area contributed by atoms with Crippen molar-refractivity contribution in [3.63, 3.8) is 0 Å². The average molecular weight is 373 g/mol. The molecule has 122 valence electrons. The first-order valence-corrected chi connectivity index (χ1v) is 9.72. The number of hydrogen-bond acceptors (Lipinski definition) is 6. The minimum atomic E-state index is -3.13. The molecular weight excluding hydrogens is 360 g/mol. The van der Waals surface area contributed by atoms with E-state index in [2.05, 4.69) is 0 Å². The molecule has 0 bridgehead atoms. The van der Waals surface area contributed by atoms with E-state index < -0.39 is 15.8 Å². The van der Waals surface area contributed by atoms with Gasteiger partial charge in [-0.25, -0.2) is 13.2 Å². The van der Waals surface area contributed by atoms with Crippen molar-refractivity contribution < 1.29 is 22.7 Å². The van der Waals surface area contributed by atoms with Crippen LogP contribution in [0.25, 0.3) is 0 Å². The number of Topliss-reactive ketones (excluding diaryl/α,β-unsaturated/α-hetero) is 1. The van der Waals surface area contributed by atoms with E-state index >= 15 is 0 Å². The van der Waals surface area contributed by atoms with Gasteiger partial charge in [0.05, 0.1) is 20.5 Å². The van der Waals surface area contributed by atoms with Gasteiger partial charge in [-0.1, -0.05) is 23.7 Å². The van der Waals surface area contributed by atoms with Gasteiger partial charge in [0.15, 0.2) is 16.4 Å². The molecule has 0 spiro atoms. The maximum atomic E-state index is 11.9. The summed E-state index contributed by atoms with van der Waals surface area (Å²) in [6.07, 6.45) is 1.14. The van der Waals surface area contributed by atoms with Gasteiger partial charge in [0, 0.05) is 6.26 Å². The molecule has 0 aliphatic rings. The number of ether oxygens (including phenoxy) is 1. The second-order valence-electron chi connectivity index (χ2n) is 4.87. The number of rotatable bonds is 6. The summed E-state index contributed by atoms with van der Waals surface area (Å²) < 4.78 is 27.8. The van der Waals surface area contributed by atoms with E-state index in [1.807, 2.05) is 0 Å². The molecule has 0 unspecified atom stereocenters. The molecule has 0 radical (unpaired) electrons. The summed E-state index contributed by atoms with van der Waals surface area (Å²) in [6, 6.07) is 9.19. The van der Waals surface area contributed by atoms with E-state index in [4.69, 9.17) is 16.3 Å². The minimum absolute atomic E-state index is 0.0973. The zero-order valence-corrected chi connectivity index (χ0v) is 14.5. The molecule has 2 aromatic rings. The molecule has 5 nitrogen and oxygen atoms in total. The van der Waals surface area contributed by atoms with Crippen molar-refractivity contribution >= 4 is 44.5 Å². The molecule has 0 atom stereocenters. The second kappa shape index (κ2) is 7.25. The van der Waals surface area contributed by atoms with Gasteiger partial charge in [-0.15, -0.1) is 11.3 Å². The third kappa shape index (κ3) is 5.46. The molecule has 1 heterocycles. The van der Waals surface area contributed by atoms with Crippen LogP contribution in [-0.2, 0) is 20.3 Å². The SMILES string of the molecule is CS(=O)(=O)Cc1ccc(C(=O)OCC(=O)c2ccc(Cl)s2)cc1. The van der Waals surface area contributed by atoms with Crippen molar-refractivity contribution in [1.82, 2.24) is 0 Å². The molecule has 0 N–H and O–H groups in total. The number of halogens is 1. The Morgan fingerprint density at radius 1 is 1.13 bits per heavy atom. The van der Waals surface area contributed by atoms with Gasteiger partial charge in [0.25, 0.3) is 0 Å². The number of benzene rings is 1. The van der Waals surface area contributed by atoms with E-state index in [0.717, 1.165) is 17.6 Å². The highest BCUT2D eigenvalue weighted by atomic mass is 35.5. The number of esters is 1. The van der Waals surface area contributed by atoms with Crippen LogP contribution >= 0.6 is 22.9 Å². The molecule has 0 amide bonds. The number of carbonyl (C=O) groups excluding carboxylic acids is 2. The third-order valence-corrected chi connectivity index (χ3v) is 4.93. The largest absolute Gasteiger partial charge is 0.454 e. The van der Waals surface area contributed by atoms with Crippen LogP contribution in [0.5, 0.6) is 0 Å². The molecule has 23 heavy (non-hydrogen) atoms. The Morgan fingerprint density at radius 3 is 2.30 bits per heavy atom. The highest BCUT2D eigenvalue weighted by Gasteiger charge is 2.14. The predicted molar refractivity (Wildman–Crippen MR) is 88.9 cm³/mol. The Bertz CT molecular complexity index is 822. The van der Waals surface area contributed by atoms with Crippen LogP contribution in [0.3, 0.4) is 0 Å². The Hall–Kier alpha value is -1.70. The second-order valence-corrected chi connectivity index (χ2v) is 8.73. The number of sulfone groups is 1. The number of carbonyl (C=O) groups is 2. The fourth-order valence-corrected chi connectivity index (χ4v) is 3.55. The van der Waals surface area contributed by atoms with Crippen LogP contribution < -0.4 is 0 Å². The first kappa shape index (κ1) is 17.7. The summed E-state index contributed by atoms with van der Waals surface area (Å²) in [5.41, 5.74) is 0.826.